The van der Waals surface area contributed by atoms with Gasteiger partial charge >= 0.3 is 6.18 Å². The fourth-order valence-electron chi connectivity index (χ4n) is 3.36. The number of nitrogens with zero attached hydrogens (tertiary/aromatic N) is 2. The first kappa shape index (κ1) is 21.6. The molecule has 0 spiro atoms. The maximum absolute atomic E-state index is 13.0. The number of nitro benzene ring substituents is 1. The fraction of sp³-hybridized carbons (Fsp3) is 0.350. The predicted molar refractivity (Wildman–Crippen MR) is 100 cm³/mol. The van der Waals surface area contributed by atoms with Gasteiger partial charge in [0.05, 0.1) is 10.5 Å². The number of halogens is 3. The SMILES string of the molecule is O=C(c1cc([N+](=O)[O-])ccc1Oc1ccccc1)N1CCC(C(O)C(F)(F)F)CC1. The van der Waals surface area contributed by atoms with Gasteiger partial charge in [-0.1, -0.05) is 18.2 Å². The topological polar surface area (TPSA) is 92.9 Å². The van der Waals surface area contributed by atoms with E-state index in [2.05, 4.69) is 0 Å². The second kappa shape index (κ2) is 8.70. The Balaban J connectivity index is 1.80. The summed E-state index contributed by atoms with van der Waals surface area (Å²) in [5.41, 5.74) is -0.357. The molecular weight excluding hydrogens is 405 g/mol. The summed E-state index contributed by atoms with van der Waals surface area (Å²) < 4.78 is 43.9. The van der Waals surface area contributed by atoms with Crippen LogP contribution >= 0.6 is 0 Å². The van der Waals surface area contributed by atoms with Crippen LogP contribution in [-0.2, 0) is 0 Å². The van der Waals surface area contributed by atoms with E-state index >= 15 is 0 Å². The molecule has 2 aromatic rings. The Bertz CT molecular complexity index is 912. The number of para-hydroxylation sites is 1. The minimum Gasteiger partial charge on any atom is -0.457 e. The highest BCUT2D eigenvalue weighted by Crippen LogP contribution is 2.34. The summed E-state index contributed by atoms with van der Waals surface area (Å²) in [5, 5.41) is 20.6. The zero-order chi connectivity index (χ0) is 21.9. The van der Waals surface area contributed by atoms with Gasteiger partial charge in [-0.2, -0.15) is 13.2 Å². The number of likely N-dealkylation sites (tertiary alicyclic amines) is 1. The van der Waals surface area contributed by atoms with Crippen LogP contribution in [0.2, 0.25) is 0 Å². The molecule has 0 aromatic heterocycles. The molecule has 3 rings (SSSR count). The molecule has 1 unspecified atom stereocenters. The largest absolute Gasteiger partial charge is 0.457 e. The van der Waals surface area contributed by atoms with Crippen molar-refractivity contribution in [3.05, 3.63) is 64.2 Å². The highest BCUT2D eigenvalue weighted by Gasteiger charge is 2.44. The van der Waals surface area contributed by atoms with Gasteiger partial charge in [0.25, 0.3) is 11.6 Å². The number of rotatable bonds is 5. The lowest BCUT2D eigenvalue weighted by molar-refractivity contribution is -0.384. The van der Waals surface area contributed by atoms with Crippen molar-refractivity contribution in [2.24, 2.45) is 5.92 Å². The van der Waals surface area contributed by atoms with E-state index < -0.39 is 29.0 Å². The Morgan fingerprint density at radius 2 is 1.80 bits per heavy atom. The normalized spacial score (nSPS) is 16.2. The Morgan fingerprint density at radius 3 is 2.37 bits per heavy atom. The van der Waals surface area contributed by atoms with Crippen molar-refractivity contribution in [1.29, 1.82) is 0 Å². The molecule has 1 N–H and O–H groups in total. The number of hydrogen-bond acceptors (Lipinski definition) is 5. The molecule has 160 valence electrons. The molecule has 10 heteroatoms. The molecule has 1 atom stereocenters. The minimum atomic E-state index is -4.71. The van der Waals surface area contributed by atoms with Crippen LogP contribution in [0.25, 0.3) is 0 Å². The van der Waals surface area contributed by atoms with Gasteiger partial charge in [0.2, 0.25) is 0 Å². The number of ether oxygens (including phenoxy) is 1. The third-order valence-electron chi connectivity index (χ3n) is 4.98. The average molecular weight is 424 g/mol. The van der Waals surface area contributed by atoms with Crippen LogP contribution in [0, 0.1) is 16.0 Å². The second-order valence-corrected chi connectivity index (χ2v) is 6.97. The van der Waals surface area contributed by atoms with E-state index in [1.807, 2.05) is 0 Å². The number of hydrogen-bond donors (Lipinski definition) is 1. The minimum absolute atomic E-state index is 0.00981. The summed E-state index contributed by atoms with van der Waals surface area (Å²) in [4.78, 5) is 24.8. The monoisotopic (exact) mass is 424 g/mol. The number of amides is 1. The number of nitro groups is 1. The number of aliphatic hydroxyl groups is 1. The summed E-state index contributed by atoms with van der Waals surface area (Å²) in [6.45, 7) is -0.0196. The summed E-state index contributed by atoms with van der Waals surface area (Å²) >= 11 is 0. The van der Waals surface area contributed by atoms with E-state index in [0.29, 0.717) is 5.75 Å². The molecule has 1 amide bonds. The van der Waals surface area contributed by atoms with Gasteiger partial charge in [0.1, 0.15) is 11.5 Å². The van der Waals surface area contributed by atoms with Crippen LogP contribution in [0.4, 0.5) is 18.9 Å². The maximum atomic E-state index is 13.0. The van der Waals surface area contributed by atoms with Crippen LogP contribution in [-0.4, -0.2) is 46.2 Å². The Kier molecular flexibility index (Phi) is 6.25. The smallest absolute Gasteiger partial charge is 0.414 e. The van der Waals surface area contributed by atoms with E-state index in [1.165, 1.54) is 17.0 Å². The first-order valence-corrected chi connectivity index (χ1v) is 9.22. The van der Waals surface area contributed by atoms with E-state index in [-0.39, 0.29) is 42.9 Å². The highest BCUT2D eigenvalue weighted by atomic mass is 19.4. The van der Waals surface area contributed by atoms with Crippen molar-refractivity contribution < 1.29 is 32.7 Å². The average Bonchev–Trinajstić information content (AvgIpc) is 2.73. The van der Waals surface area contributed by atoms with Crippen molar-refractivity contribution in [2.45, 2.75) is 25.1 Å². The summed E-state index contributed by atoms with van der Waals surface area (Å²) in [6.07, 6.45) is -7.22. The first-order valence-electron chi connectivity index (χ1n) is 9.22. The van der Waals surface area contributed by atoms with Gasteiger partial charge in [0, 0.05) is 25.2 Å². The zero-order valence-corrected chi connectivity index (χ0v) is 15.7. The van der Waals surface area contributed by atoms with Crippen LogP contribution < -0.4 is 4.74 Å². The van der Waals surface area contributed by atoms with Crippen molar-refractivity contribution in [2.75, 3.05) is 13.1 Å². The molecule has 2 aromatic carbocycles. The molecule has 1 heterocycles. The molecule has 7 nitrogen and oxygen atoms in total. The van der Waals surface area contributed by atoms with Gasteiger partial charge < -0.3 is 14.7 Å². The van der Waals surface area contributed by atoms with Crippen LogP contribution in [0.3, 0.4) is 0 Å². The van der Waals surface area contributed by atoms with Gasteiger partial charge in [-0.25, -0.2) is 0 Å². The van der Waals surface area contributed by atoms with Crippen LogP contribution in [0.5, 0.6) is 11.5 Å². The summed E-state index contributed by atoms with van der Waals surface area (Å²) in [5.74, 6) is -1.05. The molecule has 0 saturated carbocycles. The zero-order valence-electron chi connectivity index (χ0n) is 15.7. The van der Waals surface area contributed by atoms with Gasteiger partial charge in [-0.15, -0.1) is 0 Å². The third kappa shape index (κ3) is 4.88. The lowest BCUT2D eigenvalue weighted by Gasteiger charge is -2.35. The van der Waals surface area contributed by atoms with Crippen molar-refractivity contribution in [3.63, 3.8) is 0 Å². The molecule has 1 aliphatic rings. The van der Waals surface area contributed by atoms with Crippen molar-refractivity contribution in [3.8, 4) is 11.5 Å². The number of aliphatic hydroxyl groups excluding tert-OH is 1. The molecule has 0 radical (unpaired) electrons. The van der Waals surface area contributed by atoms with E-state index in [1.54, 1.807) is 30.3 Å². The van der Waals surface area contributed by atoms with Gasteiger partial charge in [-0.3, -0.25) is 14.9 Å². The summed E-state index contributed by atoms with van der Waals surface area (Å²) in [6, 6.07) is 12.1. The fourth-order valence-corrected chi connectivity index (χ4v) is 3.36. The Hall–Kier alpha value is -3.14. The van der Waals surface area contributed by atoms with E-state index in [0.717, 1.165) is 6.07 Å². The third-order valence-corrected chi connectivity index (χ3v) is 4.98. The number of carbonyl (C=O) groups is 1. The lowest BCUT2D eigenvalue weighted by atomic mass is 9.90. The quantitative estimate of drug-likeness (QED) is 0.575. The molecule has 1 fully saturated rings. The number of non-ortho nitro benzene ring substituents is 1. The molecule has 0 bridgehead atoms. The summed E-state index contributed by atoms with van der Waals surface area (Å²) in [7, 11) is 0. The molecule has 30 heavy (non-hydrogen) atoms. The standard InChI is InChI=1S/C20H19F3N2O5/c21-20(22,23)18(26)13-8-10-24(11-9-13)19(27)16-12-14(25(28)29)6-7-17(16)30-15-4-2-1-3-5-15/h1-7,12-13,18,26H,8-11H2. The molecule has 1 aliphatic heterocycles. The maximum Gasteiger partial charge on any atom is 0.414 e. The molecule has 0 aliphatic carbocycles. The first-order chi connectivity index (χ1) is 14.2. The van der Waals surface area contributed by atoms with E-state index in [4.69, 9.17) is 4.74 Å². The Labute approximate surface area is 169 Å². The Morgan fingerprint density at radius 1 is 1.17 bits per heavy atom. The molecule has 1 saturated heterocycles. The number of alkyl halides is 3. The van der Waals surface area contributed by atoms with Gasteiger partial charge in [0.15, 0.2) is 6.10 Å². The second-order valence-electron chi connectivity index (χ2n) is 6.97. The van der Waals surface area contributed by atoms with Gasteiger partial charge in [-0.05, 0) is 37.0 Å². The van der Waals surface area contributed by atoms with E-state index in [9.17, 15) is 33.2 Å². The van der Waals surface area contributed by atoms with Crippen molar-refractivity contribution >= 4 is 11.6 Å². The number of benzene rings is 2. The molecular formula is C20H19F3N2O5. The lowest BCUT2D eigenvalue weighted by Crippen LogP contribution is -2.45. The number of carbonyl (C=O) groups excluding carboxylic acids is 1. The van der Waals surface area contributed by atoms with Crippen molar-refractivity contribution in [1.82, 2.24) is 4.90 Å². The highest BCUT2D eigenvalue weighted by molar-refractivity contribution is 5.97. The predicted octanol–water partition coefficient (Wildman–Crippen LogP) is 4.16. The van der Waals surface area contributed by atoms with Crippen LogP contribution in [0.15, 0.2) is 48.5 Å². The number of piperidine rings is 1. The van der Waals surface area contributed by atoms with Crippen LogP contribution in [0.1, 0.15) is 23.2 Å².